The summed E-state index contributed by atoms with van der Waals surface area (Å²) < 4.78 is 13.4. The fraction of sp³-hybridized carbons (Fsp3) is 0.278. The number of aromatic nitrogens is 3. The van der Waals surface area contributed by atoms with Crippen LogP contribution in [-0.2, 0) is 0 Å². The van der Waals surface area contributed by atoms with Crippen LogP contribution in [0.1, 0.15) is 0 Å². The predicted octanol–water partition coefficient (Wildman–Crippen LogP) is 3.54. The average Bonchev–Trinajstić information content (AvgIpc) is 3.15. The third-order valence-electron chi connectivity index (χ3n) is 4.17. The normalized spacial score (nSPS) is 14.6. The van der Waals surface area contributed by atoms with Crippen LogP contribution in [0, 0.1) is 5.82 Å². The first-order chi connectivity index (χ1) is 12.7. The molecular formula is C18H18FN5S2. The lowest BCUT2D eigenvalue weighted by Crippen LogP contribution is -2.43. The highest BCUT2D eigenvalue weighted by atomic mass is 32.2. The molecule has 1 fully saturated rings. The van der Waals surface area contributed by atoms with Crippen LogP contribution in [0.4, 0.5) is 9.52 Å². The van der Waals surface area contributed by atoms with Crippen molar-refractivity contribution in [3.8, 4) is 21.8 Å². The van der Waals surface area contributed by atoms with Crippen LogP contribution in [0.3, 0.4) is 0 Å². The molecule has 3 heterocycles. The van der Waals surface area contributed by atoms with Crippen molar-refractivity contribution in [2.45, 2.75) is 5.16 Å². The van der Waals surface area contributed by atoms with Crippen LogP contribution in [0.15, 0.2) is 41.7 Å². The molecule has 0 spiro atoms. The van der Waals surface area contributed by atoms with E-state index in [9.17, 15) is 4.39 Å². The number of hydrogen-bond acceptors (Lipinski definition) is 7. The minimum absolute atomic E-state index is 0.250. The van der Waals surface area contributed by atoms with E-state index in [1.807, 2.05) is 12.3 Å². The van der Waals surface area contributed by atoms with Gasteiger partial charge in [0, 0.05) is 37.9 Å². The molecule has 1 aliphatic rings. The average molecular weight is 388 g/mol. The molecule has 0 unspecified atom stereocenters. The summed E-state index contributed by atoms with van der Waals surface area (Å²) >= 11 is 3.14. The second kappa shape index (κ2) is 7.69. The van der Waals surface area contributed by atoms with Crippen molar-refractivity contribution < 1.29 is 4.39 Å². The molecule has 3 aromatic rings. The molecule has 0 radical (unpaired) electrons. The smallest absolute Gasteiger partial charge is 0.187 e. The number of thiazole rings is 1. The van der Waals surface area contributed by atoms with Gasteiger partial charge in [-0.3, -0.25) is 0 Å². The van der Waals surface area contributed by atoms with Gasteiger partial charge in [-0.1, -0.05) is 23.1 Å². The molecule has 4 rings (SSSR count). The van der Waals surface area contributed by atoms with Crippen molar-refractivity contribution in [1.82, 2.24) is 20.3 Å². The summed E-state index contributed by atoms with van der Waals surface area (Å²) in [4.78, 5) is 17.1. The third kappa shape index (κ3) is 3.58. The summed E-state index contributed by atoms with van der Waals surface area (Å²) in [5, 5.41) is 5.06. The summed E-state index contributed by atoms with van der Waals surface area (Å²) in [6.45, 7) is 3.75. The maximum Gasteiger partial charge on any atom is 0.187 e. The largest absolute Gasteiger partial charge is 0.346 e. The molecule has 5 nitrogen and oxygen atoms in total. The highest BCUT2D eigenvalue weighted by Gasteiger charge is 2.21. The molecule has 134 valence electrons. The van der Waals surface area contributed by atoms with Crippen molar-refractivity contribution >= 4 is 28.2 Å². The summed E-state index contributed by atoms with van der Waals surface area (Å²) in [5.41, 5.74) is 2.58. The molecular weight excluding hydrogens is 369 g/mol. The van der Waals surface area contributed by atoms with Gasteiger partial charge in [-0.15, -0.1) is 0 Å². The first-order valence-electron chi connectivity index (χ1n) is 8.34. The van der Waals surface area contributed by atoms with Gasteiger partial charge in [-0.2, -0.15) is 0 Å². The number of halogens is 1. The van der Waals surface area contributed by atoms with E-state index in [-0.39, 0.29) is 5.82 Å². The van der Waals surface area contributed by atoms with Gasteiger partial charge in [0.05, 0.1) is 16.3 Å². The molecule has 1 aliphatic heterocycles. The zero-order valence-corrected chi connectivity index (χ0v) is 15.9. The van der Waals surface area contributed by atoms with Gasteiger partial charge in [0.1, 0.15) is 5.82 Å². The maximum atomic E-state index is 13.4. The monoisotopic (exact) mass is 387 g/mol. The van der Waals surface area contributed by atoms with Crippen LogP contribution < -0.4 is 10.2 Å². The molecule has 0 amide bonds. The predicted molar refractivity (Wildman–Crippen MR) is 105 cm³/mol. The molecule has 0 aliphatic carbocycles. The Hall–Kier alpha value is -2.03. The van der Waals surface area contributed by atoms with Crippen molar-refractivity contribution in [3.05, 3.63) is 42.3 Å². The lowest BCUT2D eigenvalue weighted by Gasteiger charge is -2.26. The Labute approximate surface area is 159 Å². The molecule has 1 saturated heterocycles. The van der Waals surface area contributed by atoms with Gasteiger partial charge < -0.3 is 10.2 Å². The third-order valence-corrected chi connectivity index (χ3v) is 5.87. The van der Waals surface area contributed by atoms with Gasteiger partial charge in [0.15, 0.2) is 10.3 Å². The van der Waals surface area contributed by atoms with E-state index in [1.54, 1.807) is 29.7 Å². The Kier molecular flexibility index (Phi) is 5.14. The van der Waals surface area contributed by atoms with Crippen LogP contribution in [-0.4, -0.2) is 47.4 Å². The molecule has 0 bridgehead atoms. The molecule has 2 aromatic heterocycles. The standard InChI is InChI=1S/C18H18FN5S2/c1-25-17-21-7-6-14(22-17)16-15(12-2-4-13(19)5-3-12)23-18(26-16)24-10-8-20-9-11-24/h2-7,20H,8-11H2,1H3. The van der Waals surface area contributed by atoms with Crippen LogP contribution >= 0.6 is 23.1 Å². The topological polar surface area (TPSA) is 53.9 Å². The van der Waals surface area contributed by atoms with Gasteiger partial charge in [-0.25, -0.2) is 19.3 Å². The van der Waals surface area contributed by atoms with E-state index in [0.29, 0.717) is 0 Å². The zero-order valence-electron chi connectivity index (χ0n) is 14.3. The van der Waals surface area contributed by atoms with Gasteiger partial charge in [0.2, 0.25) is 0 Å². The highest BCUT2D eigenvalue weighted by Crippen LogP contribution is 2.40. The van der Waals surface area contributed by atoms with E-state index < -0.39 is 0 Å². The Morgan fingerprint density at radius 2 is 1.88 bits per heavy atom. The number of piperazine rings is 1. The number of hydrogen-bond donors (Lipinski definition) is 1. The first-order valence-corrected chi connectivity index (χ1v) is 10.4. The maximum absolute atomic E-state index is 13.4. The lowest BCUT2D eigenvalue weighted by molar-refractivity contribution is 0.588. The van der Waals surface area contributed by atoms with Crippen LogP contribution in [0.25, 0.3) is 21.8 Å². The Morgan fingerprint density at radius 1 is 1.12 bits per heavy atom. The molecule has 8 heteroatoms. The summed E-state index contributed by atoms with van der Waals surface area (Å²) in [7, 11) is 0. The van der Waals surface area contributed by atoms with Gasteiger partial charge in [-0.05, 0) is 36.6 Å². The van der Waals surface area contributed by atoms with E-state index >= 15 is 0 Å². The SMILES string of the molecule is CSc1nccc(-c2sc(N3CCNCC3)nc2-c2ccc(F)cc2)n1. The molecule has 0 atom stereocenters. The van der Waals surface area contributed by atoms with Crippen molar-refractivity contribution in [2.24, 2.45) is 0 Å². The van der Waals surface area contributed by atoms with Crippen molar-refractivity contribution in [2.75, 3.05) is 37.3 Å². The van der Waals surface area contributed by atoms with Crippen LogP contribution in [0.5, 0.6) is 0 Å². The Bertz CT molecular complexity index is 891. The summed E-state index contributed by atoms with van der Waals surface area (Å²) in [6, 6.07) is 8.38. The molecule has 26 heavy (non-hydrogen) atoms. The molecule has 1 N–H and O–H groups in total. The number of anilines is 1. The van der Waals surface area contributed by atoms with E-state index in [4.69, 9.17) is 4.98 Å². The summed E-state index contributed by atoms with van der Waals surface area (Å²) in [6.07, 6.45) is 3.73. The van der Waals surface area contributed by atoms with Crippen LogP contribution in [0.2, 0.25) is 0 Å². The molecule has 0 saturated carbocycles. The van der Waals surface area contributed by atoms with Gasteiger partial charge >= 0.3 is 0 Å². The van der Waals surface area contributed by atoms with Crippen molar-refractivity contribution in [1.29, 1.82) is 0 Å². The second-order valence-electron chi connectivity index (χ2n) is 5.85. The Balaban J connectivity index is 1.81. The number of thioether (sulfide) groups is 1. The highest BCUT2D eigenvalue weighted by molar-refractivity contribution is 7.98. The first kappa shape index (κ1) is 17.4. The molecule has 1 aromatic carbocycles. The number of nitrogens with one attached hydrogen (secondary N) is 1. The minimum atomic E-state index is -0.250. The number of nitrogens with zero attached hydrogens (tertiary/aromatic N) is 4. The Morgan fingerprint density at radius 3 is 2.62 bits per heavy atom. The summed E-state index contributed by atoms with van der Waals surface area (Å²) in [5.74, 6) is -0.250. The van der Waals surface area contributed by atoms with E-state index in [1.165, 1.54) is 23.9 Å². The fourth-order valence-electron chi connectivity index (χ4n) is 2.84. The van der Waals surface area contributed by atoms with E-state index in [0.717, 1.165) is 58.3 Å². The van der Waals surface area contributed by atoms with Crippen molar-refractivity contribution in [3.63, 3.8) is 0 Å². The van der Waals surface area contributed by atoms with Gasteiger partial charge in [0.25, 0.3) is 0 Å². The minimum Gasteiger partial charge on any atom is -0.346 e. The number of rotatable bonds is 4. The quantitative estimate of drug-likeness (QED) is 0.546. The second-order valence-corrected chi connectivity index (χ2v) is 7.60. The number of benzene rings is 1. The lowest BCUT2D eigenvalue weighted by atomic mass is 10.1. The zero-order chi connectivity index (χ0) is 17.9. The fourth-order valence-corrected chi connectivity index (χ4v) is 4.31. The van der Waals surface area contributed by atoms with E-state index in [2.05, 4.69) is 20.2 Å².